The van der Waals surface area contributed by atoms with Crippen LogP contribution in [0.2, 0.25) is 5.02 Å². The Kier molecular flexibility index (Phi) is 4.99. The zero-order valence-electron chi connectivity index (χ0n) is 15.0. The molecule has 1 fully saturated rings. The van der Waals surface area contributed by atoms with E-state index >= 15 is 0 Å². The van der Waals surface area contributed by atoms with Gasteiger partial charge in [0.05, 0.1) is 12.8 Å². The van der Waals surface area contributed by atoms with Crippen molar-refractivity contribution in [1.29, 1.82) is 0 Å². The van der Waals surface area contributed by atoms with Gasteiger partial charge in [0.1, 0.15) is 5.76 Å². The van der Waals surface area contributed by atoms with Crippen LogP contribution in [0.3, 0.4) is 0 Å². The molecule has 0 spiro atoms. The molecule has 6 nitrogen and oxygen atoms in total. The second-order valence-corrected chi connectivity index (χ2v) is 7.25. The van der Waals surface area contributed by atoms with Gasteiger partial charge >= 0.3 is 0 Å². The highest BCUT2D eigenvalue weighted by Gasteiger charge is 2.33. The van der Waals surface area contributed by atoms with Crippen LogP contribution in [0.1, 0.15) is 30.1 Å². The summed E-state index contributed by atoms with van der Waals surface area (Å²) in [6.45, 7) is 2.90. The number of halogens is 1. The molecule has 27 heavy (non-hydrogen) atoms. The number of aryl methyl sites for hydroxylation is 1. The van der Waals surface area contributed by atoms with Gasteiger partial charge in [-0.05, 0) is 43.5 Å². The SMILES string of the molecule is Cc1ccc(-c2noc(CCN(Cc3ccco3)C(=O)C3CC3)n2)cc1Cl. The van der Waals surface area contributed by atoms with Crippen LogP contribution in [-0.4, -0.2) is 27.5 Å². The maximum absolute atomic E-state index is 12.6. The molecule has 0 atom stereocenters. The fourth-order valence-corrected chi connectivity index (χ4v) is 3.06. The van der Waals surface area contributed by atoms with E-state index in [-0.39, 0.29) is 11.8 Å². The first-order valence-corrected chi connectivity index (χ1v) is 9.38. The third kappa shape index (κ3) is 4.22. The number of hydrogen-bond donors (Lipinski definition) is 0. The van der Waals surface area contributed by atoms with Crippen LogP contribution in [-0.2, 0) is 17.8 Å². The molecule has 3 aromatic rings. The first-order chi connectivity index (χ1) is 13.1. The van der Waals surface area contributed by atoms with Crippen LogP contribution >= 0.6 is 11.6 Å². The molecule has 0 N–H and O–H groups in total. The zero-order valence-corrected chi connectivity index (χ0v) is 15.8. The van der Waals surface area contributed by atoms with Gasteiger partial charge < -0.3 is 13.8 Å². The average molecular weight is 386 g/mol. The van der Waals surface area contributed by atoms with E-state index in [0.717, 1.165) is 29.7 Å². The van der Waals surface area contributed by atoms with E-state index in [1.807, 2.05) is 42.2 Å². The van der Waals surface area contributed by atoms with Crippen LogP contribution in [0.4, 0.5) is 0 Å². The molecule has 4 rings (SSSR count). The first-order valence-electron chi connectivity index (χ1n) is 9.00. The molecule has 1 aromatic carbocycles. The summed E-state index contributed by atoms with van der Waals surface area (Å²) in [5.41, 5.74) is 1.80. The van der Waals surface area contributed by atoms with E-state index in [9.17, 15) is 4.79 Å². The van der Waals surface area contributed by atoms with Gasteiger partial charge in [-0.2, -0.15) is 4.98 Å². The summed E-state index contributed by atoms with van der Waals surface area (Å²) in [6, 6.07) is 9.36. The summed E-state index contributed by atoms with van der Waals surface area (Å²) in [4.78, 5) is 18.8. The predicted octanol–water partition coefficient (Wildman–Crippen LogP) is 4.27. The molecule has 1 aliphatic carbocycles. The van der Waals surface area contributed by atoms with Gasteiger partial charge in [-0.15, -0.1) is 0 Å². The van der Waals surface area contributed by atoms with Crippen molar-refractivity contribution in [2.24, 2.45) is 5.92 Å². The fourth-order valence-electron chi connectivity index (χ4n) is 2.88. The van der Waals surface area contributed by atoms with Crippen LogP contribution in [0.25, 0.3) is 11.4 Å². The minimum atomic E-state index is 0.146. The zero-order chi connectivity index (χ0) is 18.8. The van der Waals surface area contributed by atoms with Gasteiger partial charge in [-0.1, -0.05) is 28.9 Å². The molecule has 0 radical (unpaired) electrons. The Hall–Kier alpha value is -2.60. The Bertz CT molecular complexity index is 932. The lowest BCUT2D eigenvalue weighted by atomic mass is 10.1. The van der Waals surface area contributed by atoms with Gasteiger partial charge in [0.2, 0.25) is 17.6 Å². The molecule has 1 aliphatic rings. The van der Waals surface area contributed by atoms with E-state index < -0.39 is 0 Å². The van der Waals surface area contributed by atoms with Gasteiger partial charge in [0.15, 0.2) is 0 Å². The highest BCUT2D eigenvalue weighted by molar-refractivity contribution is 6.31. The molecule has 0 aliphatic heterocycles. The Morgan fingerprint density at radius 2 is 2.19 bits per heavy atom. The van der Waals surface area contributed by atoms with Crippen LogP contribution < -0.4 is 0 Å². The summed E-state index contributed by atoms with van der Waals surface area (Å²) in [7, 11) is 0. The van der Waals surface area contributed by atoms with Gasteiger partial charge in [-0.25, -0.2) is 0 Å². The average Bonchev–Trinajstić information content (AvgIpc) is 3.18. The third-order valence-electron chi connectivity index (χ3n) is 4.66. The second-order valence-electron chi connectivity index (χ2n) is 6.84. The van der Waals surface area contributed by atoms with Crippen molar-refractivity contribution in [3.05, 3.63) is 58.8 Å². The van der Waals surface area contributed by atoms with Crippen molar-refractivity contribution in [1.82, 2.24) is 15.0 Å². The summed E-state index contributed by atoms with van der Waals surface area (Å²) in [6.07, 6.45) is 4.04. The van der Waals surface area contributed by atoms with Gasteiger partial charge in [0.25, 0.3) is 0 Å². The predicted molar refractivity (Wildman–Crippen MR) is 100 cm³/mol. The third-order valence-corrected chi connectivity index (χ3v) is 5.07. The number of carbonyl (C=O) groups excluding carboxylic acids is 1. The summed E-state index contributed by atoms with van der Waals surface area (Å²) < 4.78 is 10.8. The molecule has 2 heterocycles. The van der Waals surface area contributed by atoms with E-state index in [0.29, 0.717) is 36.2 Å². The summed E-state index contributed by atoms with van der Waals surface area (Å²) in [5, 5.41) is 4.70. The maximum atomic E-state index is 12.6. The minimum Gasteiger partial charge on any atom is -0.467 e. The number of aromatic nitrogens is 2. The summed E-state index contributed by atoms with van der Waals surface area (Å²) >= 11 is 6.17. The van der Waals surface area contributed by atoms with Crippen molar-refractivity contribution < 1.29 is 13.7 Å². The molecular formula is C20H20ClN3O3. The quantitative estimate of drug-likeness (QED) is 0.607. The van der Waals surface area contributed by atoms with Gasteiger partial charge in [0, 0.05) is 29.5 Å². The van der Waals surface area contributed by atoms with E-state index in [1.165, 1.54) is 0 Å². The molecule has 0 saturated heterocycles. The summed E-state index contributed by atoms with van der Waals surface area (Å²) in [5.74, 6) is 2.07. The lowest BCUT2D eigenvalue weighted by Crippen LogP contribution is -2.33. The Labute approximate surface area is 162 Å². The van der Waals surface area contributed by atoms with Crippen molar-refractivity contribution in [2.45, 2.75) is 32.7 Å². The molecule has 0 bridgehead atoms. The van der Waals surface area contributed by atoms with Crippen LogP contribution in [0, 0.1) is 12.8 Å². The highest BCUT2D eigenvalue weighted by atomic mass is 35.5. The monoisotopic (exact) mass is 385 g/mol. The fraction of sp³-hybridized carbons (Fsp3) is 0.350. The molecule has 7 heteroatoms. The standard InChI is InChI=1S/C20H20ClN3O3/c1-13-4-5-15(11-17(13)21)19-22-18(27-23-19)8-9-24(20(25)14-6-7-14)12-16-3-2-10-26-16/h2-5,10-11,14H,6-9,12H2,1H3. The molecule has 1 saturated carbocycles. The van der Waals surface area contributed by atoms with E-state index in [1.54, 1.807) is 6.26 Å². The van der Waals surface area contributed by atoms with Gasteiger partial charge in [-0.3, -0.25) is 4.79 Å². The number of carbonyl (C=O) groups is 1. The maximum Gasteiger partial charge on any atom is 0.228 e. The van der Waals surface area contributed by atoms with E-state index in [2.05, 4.69) is 10.1 Å². The lowest BCUT2D eigenvalue weighted by Gasteiger charge is -2.20. The Balaban J connectivity index is 1.43. The molecule has 140 valence electrons. The Morgan fingerprint density at radius 1 is 1.33 bits per heavy atom. The number of amides is 1. The smallest absolute Gasteiger partial charge is 0.228 e. The topological polar surface area (TPSA) is 72.4 Å². The van der Waals surface area contributed by atoms with Crippen molar-refractivity contribution in [3.8, 4) is 11.4 Å². The van der Waals surface area contributed by atoms with Crippen molar-refractivity contribution >= 4 is 17.5 Å². The number of furan rings is 1. The normalized spacial score (nSPS) is 13.7. The molecule has 2 aromatic heterocycles. The number of hydrogen-bond acceptors (Lipinski definition) is 5. The first kappa shape index (κ1) is 17.8. The molecular weight excluding hydrogens is 366 g/mol. The largest absolute Gasteiger partial charge is 0.467 e. The van der Waals surface area contributed by atoms with E-state index in [4.69, 9.17) is 20.5 Å². The number of rotatable bonds is 7. The second kappa shape index (κ2) is 7.56. The number of nitrogens with zero attached hydrogens (tertiary/aromatic N) is 3. The van der Waals surface area contributed by atoms with Crippen molar-refractivity contribution in [3.63, 3.8) is 0 Å². The van der Waals surface area contributed by atoms with Crippen LogP contribution in [0.5, 0.6) is 0 Å². The lowest BCUT2D eigenvalue weighted by molar-refractivity contribution is -0.133. The highest BCUT2D eigenvalue weighted by Crippen LogP contribution is 2.31. The molecule has 0 unspecified atom stereocenters. The van der Waals surface area contributed by atoms with Crippen LogP contribution in [0.15, 0.2) is 45.5 Å². The molecule has 1 amide bonds. The van der Waals surface area contributed by atoms with Crippen molar-refractivity contribution in [2.75, 3.05) is 6.54 Å². The Morgan fingerprint density at radius 3 is 2.89 bits per heavy atom. The minimum absolute atomic E-state index is 0.146. The number of benzene rings is 1.